The summed E-state index contributed by atoms with van der Waals surface area (Å²) >= 11 is 1.84. The first-order chi connectivity index (χ1) is 12.8. The maximum atomic E-state index is 5.75. The minimum Gasteiger partial charge on any atom is -0.493 e. The van der Waals surface area contributed by atoms with E-state index in [0.29, 0.717) is 6.04 Å². The molecule has 1 aromatic carbocycles. The van der Waals surface area contributed by atoms with E-state index in [1.54, 1.807) is 14.2 Å². The highest BCUT2D eigenvalue weighted by Gasteiger charge is 2.46. The number of hydrogen-bond donors (Lipinski definition) is 0. The van der Waals surface area contributed by atoms with Gasteiger partial charge >= 0.3 is 0 Å². The molecule has 1 saturated heterocycles. The van der Waals surface area contributed by atoms with E-state index in [4.69, 9.17) is 14.5 Å². The van der Waals surface area contributed by atoms with Crippen LogP contribution in [0.4, 0.5) is 0 Å². The van der Waals surface area contributed by atoms with Crippen molar-refractivity contribution in [3.63, 3.8) is 0 Å². The van der Waals surface area contributed by atoms with Gasteiger partial charge in [-0.05, 0) is 24.6 Å². The molecule has 2 aromatic rings. The smallest absolute Gasteiger partial charge is 0.166 e. The normalized spacial score (nSPS) is 24.3. The molecule has 2 aliphatic heterocycles. The Morgan fingerprint density at radius 2 is 2.04 bits per heavy atom. The summed E-state index contributed by atoms with van der Waals surface area (Å²) in [6, 6.07) is 12.6. The highest BCUT2D eigenvalue weighted by Crippen LogP contribution is 2.51. The predicted octanol–water partition coefficient (Wildman–Crippen LogP) is 4.08. The number of thioether (sulfide) groups is 1. The van der Waals surface area contributed by atoms with Crippen LogP contribution in [0, 0.1) is 0 Å². The van der Waals surface area contributed by atoms with E-state index in [1.807, 2.05) is 42.2 Å². The van der Waals surface area contributed by atoms with E-state index in [-0.39, 0.29) is 12.1 Å². The van der Waals surface area contributed by atoms with Gasteiger partial charge < -0.3 is 14.4 Å². The summed E-state index contributed by atoms with van der Waals surface area (Å²) in [5.74, 6) is 2.61. The predicted molar refractivity (Wildman–Crippen MR) is 105 cm³/mol. The zero-order chi connectivity index (χ0) is 18.1. The van der Waals surface area contributed by atoms with Crippen molar-refractivity contribution in [3.8, 4) is 11.5 Å². The molecular formula is C20H23N3O2S. The molecule has 1 fully saturated rings. The van der Waals surface area contributed by atoms with Crippen LogP contribution >= 0.6 is 11.8 Å². The zero-order valence-electron chi connectivity index (χ0n) is 15.3. The molecule has 3 atom stereocenters. The number of rotatable bonds is 5. The van der Waals surface area contributed by atoms with Crippen molar-refractivity contribution >= 4 is 16.9 Å². The van der Waals surface area contributed by atoms with E-state index in [9.17, 15) is 0 Å². The fourth-order valence-electron chi connectivity index (χ4n) is 3.83. The van der Waals surface area contributed by atoms with Gasteiger partial charge in [0.25, 0.3) is 0 Å². The third-order valence-electron chi connectivity index (χ3n) is 5.08. The minimum absolute atomic E-state index is 0.0472. The van der Waals surface area contributed by atoms with Crippen molar-refractivity contribution in [2.75, 3.05) is 20.0 Å². The number of para-hydroxylation sites is 1. The molecular weight excluding hydrogens is 346 g/mol. The topological polar surface area (TPSA) is 47.0 Å². The Bertz CT molecular complexity index is 812. The molecule has 0 bridgehead atoms. The second-order valence-electron chi connectivity index (χ2n) is 6.42. The highest BCUT2D eigenvalue weighted by molar-refractivity contribution is 8.14. The largest absolute Gasteiger partial charge is 0.493 e. The van der Waals surface area contributed by atoms with Gasteiger partial charge in [0.1, 0.15) is 6.04 Å². The molecule has 1 aromatic heterocycles. The molecule has 3 heterocycles. The van der Waals surface area contributed by atoms with Crippen LogP contribution in [0.5, 0.6) is 11.5 Å². The van der Waals surface area contributed by atoms with E-state index in [1.165, 1.54) is 0 Å². The first-order valence-corrected chi connectivity index (χ1v) is 9.87. The van der Waals surface area contributed by atoms with E-state index in [0.717, 1.165) is 40.1 Å². The number of hydrogen-bond acceptors (Lipinski definition) is 6. The molecule has 0 saturated carbocycles. The lowest BCUT2D eigenvalue weighted by Gasteiger charge is -2.32. The van der Waals surface area contributed by atoms with Crippen molar-refractivity contribution in [1.82, 2.24) is 9.88 Å². The molecule has 0 N–H and O–H groups in total. The Labute approximate surface area is 158 Å². The van der Waals surface area contributed by atoms with Crippen molar-refractivity contribution in [2.45, 2.75) is 31.5 Å². The molecule has 0 amide bonds. The van der Waals surface area contributed by atoms with Crippen LogP contribution in [0.2, 0.25) is 0 Å². The van der Waals surface area contributed by atoms with E-state index >= 15 is 0 Å². The van der Waals surface area contributed by atoms with Gasteiger partial charge in [-0.3, -0.25) is 9.98 Å². The Balaban J connectivity index is 1.85. The first-order valence-electron chi connectivity index (χ1n) is 8.89. The summed E-state index contributed by atoms with van der Waals surface area (Å²) in [6.45, 7) is 2.24. The number of ether oxygens (including phenoxy) is 2. The van der Waals surface area contributed by atoms with Crippen molar-refractivity contribution in [3.05, 3.63) is 53.9 Å². The second kappa shape index (κ2) is 7.19. The highest BCUT2D eigenvalue weighted by atomic mass is 32.2. The molecule has 4 rings (SSSR count). The fourth-order valence-corrected chi connectivity index (χ4v) is 5.17. The van der Waals surface area contributed by atoms with Crippen LogP contribution in [0.25, 0.3) is 0 Å². The van der Waals surface area contributed by atoms with Gasteiger partial charge in [-0.15, -0.1) is 0 Å². The van der Waals surface area contributed by atoms with Gasteiger partial charge in [0.2, 0.25) is 0 Å². The lowest BCUT2D eigenvalue weighted by Crippen LogP contribution is -2.35. The molecule has 136 valence electrons. The van der Waals surface area contributed by atoms with Crippen LogP contribution in [0.3, 0.4) is 0 Å². The molecule has 26 heavy (non-hydrogen) atoms. The lowest BCUT2D eigenvalue weighted by molar-refractivity contribution is 0.246. The van der Waals surface area contributed by atoms with Crippen LogP contribution in [-0.4, -0.2) is 41.1 Å². The van der Waals surface area contributed by atoms with Crippen molar-refractivity contribution < 1.29 is 9.47 Å². The SMILES string of the molecule is CCC1CSC2=NC(c3ccccn3)C(c3cccc(OC)c3OC)N21. The Hall–Kier alpha value is -2.21. The summed E-state index contributed by atoms with van der Waals surface area (Å²) in [4.78, 5) is 12.1. The van der Waals surface area contributed by atoms with Crippen molar-refractivity contribution in [2.24, 2.45) is 4.99 Å². The Kier molecular flexibility index (Phi) is 4.76. The monoisotopic (exact) mass is 369 g/mol. The fraction of sp³-hybridized carbons (Fsp3) is 0.400. The average molecular weight is 369 g/mol. The number of amidine groups is 1. The third kappa shape index (κ3) is 2.72. The second-order valence-corrected chi connectivity index (χ2v) is 7.41. The summed E-state index contributed by atoms with van der Waals surface area (Å²) in [7, 11) is 3.37. The van der Waals surface area contributed by atoms with Crippen LogP contribution in [0.15, 0.2) is 47.6 Å². The molecule has 5 nitrogen and oxygen atoms in total. The van der Waals surface area contributed by atoms with Gasteiger partial charge in [-0.1, -0.05) is 36.9 Å². The molecule has 2 aliphatic rings. The van der Waals surface area contributed by atoms with Gasteiger partial charge in [0, 0.05) is 23.6 Å². The van der Waals surface area contributed by atoms with Gasteiger partial charge in [0.15, 0.2) is 16.7 Å². The van der Waals surface area contributed by atoms with Crippen LogP contribution in [-0.2, 0) is 0 Å². The number of aliphatic imine (C=N–C) groups is 1. The van der Waals surface area contributed by atoms with Crippen LogP contribution < -0.4 is 9.47 Å². The molecule has 6 heteroatoms. The number of fused-ring (bicyclic) bond motifs is 1. The average Bonchev–Trinajstić information content (AvgIpc) is 3.26. The zero-order valence-corrected chi connectivity index (χ0v) is 16.1. The lowest BCUT2D eigenvalue weighted by atomic mass is 9.94. The van der Waals surface area contributed by atoms with Gasteiger partial charge in [-0.25, -0.2) is 0 Å². The summed E-state index contributed by atoms with van der Waals surface area (Å²) in [6.07, 6.45) is 2.92. The number of aromatic nitrogens is 1. The summed E-state index contributed by atoms with van der Waals surface area (Å²) in [5, 5.41) is 1.11. The summed E-state index contributed by atoms with van der Waals surface area (Å²) in [5.41, 5.74) is 2.09. The maximum absolute atomic E-state index is 5.75. The molecule has 0 radical (unpaired) electrons. The van der Waals surface area contributed by atoms with Crippen LogP contribution in [0.1, 0.15) is 36.7 Å². The van der Waals surface area contributed by atoms with Crippen molar-refractivity contribution in [1.29, 1.82) is 0 Å². The minimum atomic E-state index is -0.0472. The molecule has 0 spiro atoms. The molecule has 0 aliphatic carbocycles. The van der Waals surface area contributed by atoms with E-state index < -0.39 is 0 Å². The third-order valence-corrected chi connectivity index (χ3v) is 6.21. The number of methoxy groups -OCH3 is 2. The van der Waals surface area contributed by atoms with Gasteiger partial charge in [-0.2, -0.15) is 0 Å². The molecule has 3 unspecified atom stereocenters. The Morgan fingerprint density at radius 1 is 1.15 bits per heavy atom. The van der Waals surface area contributed by atoms with Gasteiger partial charge in [0.05, 0.1) is 26.0 Å². The first kappa shape index (κ1) is 17.2. The number of benzene rings is 1. The quantitative estimate of drug-likeness (QED) is 0.795. The Morgan fingerprint density at radius 3 is 2.73 bits per heavy atom. The number of pyridine rings is 1. The standard InChI is InChI=1S/C20H23N3O2S/c1-4-13-12-26-20-22-17(15-9-5-6-11-21-15)18(23(13)20)14-8-7-10-16(24-2)19(14)25-3/h5-11,13,17-18H,4,12H2,1-3H3. The maximum Gasteiger partial charge on any atom is 0.166 e. The van der Waals surface area contributed by atoms with E-state index in [2.05, 4.69) is 28.9 Å². The summed E-state index contributed by atoms with van der Waals surface area (Å²) < 4.78 is 11.3. The number of nitrogens with zero attached hydrogens (tertiary/aromatic N) is 3.